The van der Waals surface area contributed by atoms with Gasteiger partial charge in [0.25, 0.3) is 5.91 Å². The molecule has 1 saturated carbocycles. The van der Waals surface area contributed by atoms with Crippen molar-refractivity contribution >= 4 is 23.2 Å². The van der Waals surface area contributed by atoms with E-state index in [-0.39, 0.29) is 29.7 Å². The first kappa shape index (κ1) is 26.8. The fourth-order valence-corrected chi connectivity index (χ4v) is 6.07. The van der Waals surface area contributed by atoms with Crippen molar-refractivity contribution in [3.63, 3.8) is 0 Å². The highest BCUT2D eigenvalue weighted by molar-refractivity contribution is 6.24. The SMILES string of the molecule is CCC(C)CNCc1ccc(O)c2c1C[C@@H]1C[C@@H]3[C@@H](N(C)C)C(=O)C(C(N)=O)=C(O)[C@]3(O)C(=O)C1=C2O. The van der Waals surface area contributed by atoms with Gasteiger partial charge in [0.15, 0.2) is 11.4 Å². The molecule has 1 aromatic rings. The quantitative estimate of drug-likeness (QED) is 0.292. The van der Waals surface area contributed by atoms with Gasteiger partial charge in [-0.2, -0.15) is 0 Å². The Kier molecular flexibility index (Phi) is 6.96. The van der Waals surface area contributed by atoms with Gasteiger partial charge in [0.1, 0.15) is 22.8 Å². The smallest absolute Gasteiger partial charge is 0.255 e. The van der Waals surface area contributed by atoms with Crippen LogP contribution < -0.4 is 11.1 Å². The number of Topliss-reactive ketones (excluding diaryl/α,β-unsaturated/α-hetero) is 2. The van der Waals surface area contributed by atoms with Crippen molar-refractivity contribution in [2.45, 2.75) is 51.3 Å². The number of phenols is 1. The third-order valence-electron chi connectivity index (χ3n) is 8.21. The van der Waals surface area contributed by atoms with E-state index in [9.17, 15) is 34.8 Å². The van der Waals surface area contributed by atoms with Gasteiger partial charge in [-0.3, -0.25) is 19.3 Å². The Morgan fingerprint density at radius 2 is 1.92 bits per heavy atom. The van der Waals surface area contributed by atoms with Gasteiger partial charge in [0.2, 0.25) is 5.78 Å². The van der Waals surface area contributed by atoms with E-state index in [1.165, 1.54) is 11.0 Å². The molecule has 10 heteroatoms. The van der Waals surface area contributed by atoms with Crippen LogP contribution in [0.5, 0.6) is 5.75 Å². The Morgan fingerprint density at radius 1 is 1.24 bits per heavy atom. The van der Waals surface area contributed by atoms with E-state index in [1.54, 1.807) is 20.2 Å². The molecule has 10 nitrogen and oxygen atoms in total. The number of carbonyl (C=O) groups is 3. The van der Waals surface area contributed by atoms with Crippen molar-refractivity contribution in [3.05, 3.63) is 45.7 Å². The number of likely N-dealkylation sites (N-methyl/N-ethyl adjacent to an activating group) is 1. The zero-order valence-corrected chi connectivity index (χ0v) is 21.5. The Hall–Kier alpha value is -3.21. The molecule has 0 spiro atoms. The number of nitrogens with one attached hydrogen (secondary N) is 1. The first-order chi connectivity index (χ1) is 17.4. The lowest BCUT2D eigenvalue weighted by Gasteiger charge is -2.50. The van der Waals surface area contributed by atoms with Gasteiger partial charge in [-0.15, -0.1) is 0 Å². The second kappa shape index (κ2) is 9.59. The average molecular weight is 514 g/mol. The minimum atomic E-state index is -2.63. The predicted molar refractivity (Wildman–Crippen MR) is 135 cm³/mol. The number of aliphatic hydroxyl groups excluding tert-OH is 2. The van der Waals surface area contributed by atoms with Crippen LogP contribution in [0.1, 0.15) is 43.4 Å². The predicted octanol–water partition coefficient (Wildman–Crippen LogP) is 1.10. The zero-order chi connectivity index (χ0) is 27.4. The summed E-state index contributed by atoms with van der Waals surface area (Å²) < 4.78 is 0. The first-order valence-electron chi connectivity index (χ1n) is 12.5. The number of hydrogen-bond acceptors (Lipinski definition) is 9. The fourth-order valence-electron chi connectivity index (χ4n) is 6.07. The van der Waals surface area contributed by atoms with E-state index < -0.39 is 58.0 Å². The minimum absolute atomic E-state index is 0.0706. The first-order valence-corrected chi connectivity index (χ1v) is 12.5. The zero-order valence-electron chi connectivity index (χ0n) is 21.5. The van der Waals surface area contributed by atoms with Crippen molar-refractivity contribution < 1.29 is 34.8 Å². The number of aromatic hydroxyl groups is 1. The summed E-state index contributed by atoms with van der Waals surface area (Å²) in [4.78, 5) is 40.5. The lowest BCUT2D eigenvalue weighted by molar-refractivity contribution is -0.153. The summed E-state index contributed by atoms with van der Waals surface area (Å²) in [5.41, 5.74) is 3.40. The number of primary amides is 1. The van der Waals surface area contributed by atoms with Crippen LogP contribution in [0.2, 0.25) is 0 Å². The van der Waals surface area contributed by atoms with Gasteiger partial charge in [-0.05, 0) is 62.5 Å². The molecule has 1 unspecified atom stereocenters. The summed E-state index contributed by atoms with van der Waals surface area (Å²) in [5.74, 6) is -6.00. The average Bonchev–Trinajstić information content (AvgIpc) is 2.82. The maximum absolute atomic E-state index is 13.8. The fraction of sp³-hybridized carbons (Fsp3) is 0.519. The molecule has 7 N–H and O–H groups in total. The summed E-state index contributed by atoms with van der Waals surface area (Å²) in [6, 6.07) is 2.13. The van der Waals surface area contributed by atoms with Crippen LogP contribution in [0.3, 0.4) is 0 Å². The van der Waals surface area contributed by atoms with Crippen LogP contribution >= 0.6 is 0 Å². The number of amides is 1. The van der Waals surface area contributed by atoms with Crippen molar-refractivity contribution in [2.75, 3.05) is 20.6 Å². The number of aliphatic hydroxyl groups is 3. The Balaban J connectivity index is 1.84. The molecule has 0 aliphatic heterocycles. The summed E-state index contributed by atoms with van der Waals surface area (Å²) in [6.07, 6.45) is 1.37. The van der Waals surface area contributed by atoms with Crippen molar-refractivity contribution in [1.82, 2.24) is 10.2 Å². The van der Waals surface area contributed by atoms with Crippen LogP contribution in [0.25, 0.3) is 5.76 Å². The molecule has 5 atom stereocenters. The number of carbonyl (C=O) groups excluding carboxylic acids is 3. The van der Waals surface area contributed by atoms with Crippen LogP contribution in [0.4, 0.5) is 0 Å². The molecule has 1 fully saturated rings. The molecule has 3 aliphatic carbocycles. The molecule has 0 bridgehead atoms. The summed E-state index contributed by atoms with van der Waals surface area (Å²) in [5, 5.41) is 47.8. The molecular weight excluding hydrogens is 478 g/mol. The Morgan fingerprint density at radius 3 is 2.51 bits per heavy atom. The Labute approximate surface area is 215 Å². The molecule has 200 valence electrons. The molecule has 37 heavy (non-hydrogen) atoms. The maximum Gasteiger partial charge on any atom is 0.255 e. The standard InChI is InChI=1S/C27H35N3O7/c1-5-12(2)10-29-11-13-6-7-17(31)19-15(13)8-14-9-16-21(30(3)4)23(33)20(26(28)36)25(35)27(16,37)24(34)18(14)22(19)32/h6-7,12,14,16,21,29,31-32,35,37H,5,8-11H2,1-4H3,(H2,28,36)/t12?,14-,16-,21-,27-/m1/s1. The maximum atomic E-state index is 13.8. The third kappa shape index (κ3) is 4.03. The van der Waals surface area contributed by atoms with E-state index in [0.717, 1.165) is 18.5 Å². The number of nitrogens with zero attached hydrogens (tertiary/aromatic N) is 1. The molecule has 0 saturated heterocycles. The van der Waals surface area contributed by atoms with Crippen molar-refractivity contribution in [1.29, 1.82) is 0 Å². The van der Waals surface area contributed by atoms with Crippen LogP contribution in [0.15, 0.2) is 29.0 Å². The number of ketones is 2. The van der Waals surface area contributed by atoms with Gasteiger partial charge >= 0.3 is 0 Å². The van der Waals surface area contributed by atoms with Gasteiger partial charge in [0.05, 0.1) is 11.6 Å². The van der Waals surface area contributed by atoms with Gasteiger partial charge in [0, 0.05) is 18.0 Å². The highest BCUT2D eigenvalue weighted by Crippen LogP contribution is 2.52. The number of nitrogens with two attached hydrogens (primary N) is 1. The molecule has 1 amide bonds. The van der Waals surface area contributed by atoms with E-state index in [4.69, 9.17) is 5.73 Å². The van der Waals surface area contributed by atoms with Crippen molar-refractivity contribution in [3.8, 4) is 5.75 Å². The van der Waals surface area contributed by atoms with E-state index in [2.05, 4.69) is 19.2 Å². The van der Waals surface area contributed by atoms with Crippen LogP contribution in [-0.4, -0.2) is 75.1 Å². The van der Waals surface area contributed by atoms with Gasteiger partial charge in [-0.1, -0.05) is 26.3 Å². The summed E-state index contributed by atoms with van der Waals surface area (Å²) in [7, 11) is 3.15. The topological polar surface area (TPSA) is 173 Å². The van der Waals surface area contributed by atoms with E-state index >= 15 is 0 Å². The lowest BCUT2D eigenvalue weighted by Crippen LogP contribution is -2.65. The van der Waals surface area contributed by atoms with E-state index in [0.29, 0.717) is 18.0 Å². The Bertz CT molecular complexity index is 1230. The van der Waals surface area contributed by atoms with Crippen LogP contribution in [0, 0.1) is 17.8 Å². The molecular formula is C27H35N3O7. The molecule has 0 heterocycles. The molecule has 0 aromatic heterocycles. The molecule has 1 aromatic carbocycles. The normalized spacial score (nSPS) is 28.2. The number of benzene rings is 1. The van der Waals surface area contributed by atoms with Gasteiger partial charge < -0.3 is 31.5 Å². The summed E-state index contributed by atoms with van der Waals surface area (Å²) >= 11 is 0. The molecule has 0 radical (unpaired) electrons. The molecule has 3 aliphatic rings. The lowest BCUT2D eigenvalue weighted by atomic mass is 9.57. The van der Waals surface area contributed by atoms with E-state index in [1.807, 2.05) is 0 Å². The number of phenolic OH excluding ortho intramolecular Hbond substituents is 1. The third-order valence-corrected chi connectivity index (χ3v) is 8.21. The second-order valence-electron chi connectivity index (χ2n) is 10.7. The van der Waals surface area contributed by atoms with Crippen molar-refractivity contribution in [2.24, 2.45) is 23.5 Å². The number of rotatable bonds is 7. The monoisotopic (exact) mass is 513 g/mol. The largest absolute Gasteiger partial charge is 0.508 e. The minimum Gasteiger partial charge on any atom is -0.508 e. The summed E-state index contributed by atoms with van der Waals surface area (Å²) in [6.45, 7) is 5.52. The highest BCUT2D eigenvalue weighted by atomic mass is 16.3. The highest BCUT2D eigenvalue weighted by Gasteiger charge is 2.64. The number of hydrogen-bond donors (Lipinski definition) is 6. The number of fused-ring (bicyclic) bond motifs is 3. The second-order valence-corrected chi connectivity index (χ2v) is 10.7. The molecule has 4 rings (SSSR count). The van der Waals surface area contributed by atoms with Crippen LogP contribution in [-0.2, 0) is 27.3 Å². The van der Waals surface area contributed by atoms with Gasteiger partial charge in [-0.25, -0.2) is 0 Å².